The van der Waals surface area contributed by atoms with E-state index < -0.39 is 5.60 Å². The quantitative estimate of drug-likeness (QED) is 0.738. The fraction of sp³-hybridized carbons (Fsp3) is 0.500. The molecule has 0 saturated heterocycles. The predicted molar refractivity (Wildman–Crippen MR) is 55.6 cm³/mol. The second kappa shape index (κ2) is 2.99. The van der Waals surface area contributed by atoms with E-state index in [2.05, 4.69) is 6.07 Å². The van der Waals surface area contributed by atoms with Crippen LogP contribution < -0.4 is 4.74 Å². The monoisotopic (exact) mass is 192 g/mol. The molecule has 1 aromatic rings. The van der Waals surface area contributed by atoms with Crippen molar-refractivity contribution in [3.05, 3.63) is 28.8 Å². The molecule has 0 unspecified atom stereocenters. The summed E-state index contributed by atoms with van der Waals surface area (Å²) >= 11 is 0. The van der Waals surface area contributed by atoms with Gasteiger partial charge in [0.2, 0.25) is 0 Å². The molecule has 0 bridgehead atoms. The van der Waals surface area contributed by atoms with Crippen molar-refractivity contribution in [1.29, 1.82) is 0 Å². The summed E-state index contributed by atoms with van der Waals surface area (Å²) in [5, 5.41) is 9.90. The molecule has 0 aliphatic carbocycles. The van der Waals surface area contributed by atoms with Crippen LogP contribution in [-0.2, 0) is 12.0 Å². The molecule has 0 fully saturated rings. The van der Waals surface area contributed by atoms with Crippen LogP contribution in [0.25, 0.3) is 0 Å². The molecule has 0 amide bonds. The molecule has 1 heterocycles. The number of fused-ring (bicyclic) bond motifs is 1. The lowest BCUT2D eigenvalue weighted by Gasteiger charge is -2.19. The van der Waals surface area contributed by atoms with Gasteiger partial charge >= 0.3 is 0 Å². The van der Waals surface area contributed by atoms with E-state index >= 15 is 0 Å². The Morgan fingerprint density at radius 2 is 2.07 bits per heavy atom. The summed E-state index contributed by atoms with van der Waals surface area (Å²) in [4.78, 5) is 0. The summed E-state index contributed by atoms with van der Waals surface area (Å²) in [6.07, 6.45) is 0.958. The minimum Gasteiger partial charge on any atom is -0.493 e. The minimum atomic E-state index is -0.762. The van der Waals surface area contributed by atoms with Crippen molar-refractivity contribution in [3.8, 4) is 5.75 Å². The molecule has 1 aromatic carbocycles. The van der Waals surface area contributed by atoms with Gasteiger partial charge in [-0.3, -0.25) is 0 Å². The van der Waals surface area contributed by atoms with Crippen molar-refractivity contribution in [2.24, 2.45) is 0 Å². The first-order valence-electron chi connectivity index (χ1n) is 4.97. The third-order valence-corrected chi connectivity index (χ3v) is 2.68. The third-order valence-electron chi connectivity index (χ3n) is 2.68. The molecule has 0 radical (unpaired) electrons. The van der Waals surface area contributed by atoms with Gasteiger partial charge in [0.05, 0.1) is 12.2 Å². The number of rotatable bonds is 1. The van der Waals surface area contributed by atoms with Gasteiger partial charge in [0.25, 0.3) is 0 Å². The average molecular weight is 192 g/mol. The molecule has 14 heavy (non-hydrogen) atoms. The van der Waals surface area contributed by atoms with Crippen LogP contribution in [0.2, 0.25) is 0 Å². The number of benzene rings is 1. The van der Waals surface area contributed by atoms with Crippen LogP contribution in [0, 0.1) is 6.92 Å². The number of aryl methyl sites for hydroxylation is 1. The maximum Gasteiger partial charge on any atom is 0.125 e. The van der Waals surface area contributed by atoms with Gasteiger partial charge in [0, 0.05) is 6.42 Å². The summed E-state index contributed by atoms with van der Waals surface area (Å²) in [5.74, 6) is 1.01. The molecule has 0 aromatic heterocycles. The van der Waals surface area contributed by atoms with Gasteiger partial charge < -0.3 is 9.84 Å². The first kappa shape index (κ1) is 9.53. The van der Waals surface area contributed by atoms with E-state index in [1.807, 2.05) is 26.8 Å². The van der Waals surface area contributed by atoms with E-state index in [0.717, 1.165) is 29.9 Å². The largest absolute Gasteiger partial charge is 0.493 e. The molecule has 0 atom stereocenters. The van der Waals surface area contributed by atoms with Crippen LogP contribution in [0.15, 0.2) is 12.1 Å². The highest BCUT2D eigenvalue weighted by Crippen LogP contribution is 2.33. The fourth-order valence-electron chi connectivity index (χ4n) is 1.86. The molecule has 0 saturated carbocycles. The highest BCUT2D eigenvalue weighted by atomic mass is 16.5. The van der Waals surface area contributed by atoms with E-state index in [9.17, 15) is 5.11 Å². The van der Waals surface area contributed by atoms with Gasteiger partial charge in [-0.1, -0.05) is 0 Å². The third kappa shape index (κ3) is 1.50. The number of hydrogen-bond donors (Lipinski definition) is 1. The molecule has 0 spiro atoms. The molecule has 1 aliphatic heterocycles. The maximum atomic E-state index is 9.90. The summed E-state index contributed by atoms with van der Waals surface area (Å²) in [6, 6.07) is 4.06. The molecule has 2 heteroatoms. The van der Waals surface area contributed by atoms with E-state index in [4.69, 9.17) is 4.74 Å². The van der Waals surface area contributed by atoms with Crippen molar-refractivity contribution in [2.45, 2.75) is 32.8 Å². The molecule has 76 valence electrons. The molecule has 2 rings (SSSR count). The number of aliphatic hydroxyl groups is 1. The van der Waals surface area contributed by atoms with Crippen LogP contribution in [0.5, 0.6) is 5.75 Å². The van der Waals surface area contributed by atoms with Crippen LogP contribution in [0.1, 0.15) is 30.5 Å². The first-order chi connectivity index (χ1) is 6.48. The van der Waals surface area contributed by atoms with Gasteiger partial charge in [-0.2, -0.15) is 0 Å². The van der Waals surface area contributed by atoms with Gasteiger partial charge in [-0.05, 0) is 49.6 Å². The Bertz CT molecular complexity index is 361. The lowest BCUT2D eigenvalue weighted by atomic mass is 9.93. The molecule has 1 N–H and O–H groups in total. The average Bonchev–Trinajstić information content (AvgIpc) is 2.50. The Kier molecular flexibility index (Phi) is 2.04. The Balaban J connectivity index is 2.52. The zero-order chi connectivity index (χ0) is 10.3. The summed E-state index contributed by atoms with van der Waals surface area (Å²) in [7, 11) is 0. The Morgan fingerprint density at radius 1 is 1.36 bits per heavy atom. The number of hydrogen-bond acceptors (Lipinski definition) is 2. The Hall–Kier alpha value is -1.02. The molecule has 1 aliphatic rings. The highest BCUT2D eigenvalue weighted by Gasteiger charge is 2.21. The van der Waals surface area contributed by atoms with Crippen LogP contribution in [-0.4, -0.2) is 11.7 Å². The van der Waals surface area contributed by atoms with E-state index in [-0.39, 0.29) is 0 Å². The summed E-state index contributed by atoms with van der Waals surface area (Å²) < 4.78 is 5.52. The lowest BCUT2D eigenvalue weighted by Crippen LogP contribution is -2.15. The fourth-order valence-corrected chi connectivity index (χ4v) is 1.86. The first-order valence-corrected chi connectivity index (χ1v) is 4.97. The number of ether oxygens (including phenoxy) is 1. The van der Waals surface area contributed by atoms with Crippen LogP contribution >= 0.6 is 0 Å². The normalized spacial score (nSPS) is 15.1. The van der Waals surface area contributed by atoms with Crippen molar-refractivity contribution >= 4 is 0 Å². The lowest BCUT2D eigenvalue weighted by molar-refractivity contribution is 0.0784. The second-order valence-corrected chi connectivity index (χ2v) is 4.44. The maximum absolute atomic E-state index is 9.90. The Labute approximate surface area is 84.5 Å². The van der Waals surface area contributed by atoms with Crippen molar-refractivity contribution in [1.82, 2.24) is 0 Å². The SMILES string of the molecule is Cc1cc(C(C)(C)O)cc2c1OCC2. The van der Waals surface area contributed by atoms with Gasteiger partial charge in [-0.15, -0.1) is 0 Å². The Morgan fingerprint density at radius 3 is 2.71 bits per heavy atom. The second-order valence-electron chi connectivity index (χ2n) is 4.44. The van der Waals surface area contributed by atoms with Crippen molar-refractivity contribution in [3.63, 3.8) is 0 Å². The smallest absolute Gasteiger partial charge is 0.125 e. The standard InChI is InChI=1S/C12H16O2/c1-8-6-10(12(2,3)13)7-9-4-5-14-11(8)9/h6-7,13H,4-5H2,1-3H3. The zero-order valence-electron chi connectivity index (χ0n) is 8.92. The van der Waals surface area contributed by atoms with E-state index in [0.29, 0.717) is 0 Å². The minimum absolute atomic E-state index is 0.762. The van der Waals surface area contributed by atoms with Crippen LogP contribution in [0.3, 0.4) is 0 Å². The van der Waals surface area contributed by atoms with Gasteiger partial charge in [0.1, 0.15) is 5.75 Å². The van der Waals surface area contributed by atoms with E-state index in [1.54, 1.807) is 0 Å². The van der Waals surface area contributed by atoms with Crippen LogP contribution in [0.4, 0.5) is 0 Å². The van der Waals surface area contributed by atoms with Gasteiger partial charge in [0.15, 0.2) is 0 Å². The van der Waals surface area contributed by atoms with Crippen molar-refractivity contribution < 1.29 is 9.84 Å². The topological polar surface area (TPSA) is 29.5 Å². The molecule has 2 nitrogen and oxygen atoms in total. The van der Waals surface area contributed by atoms with Gasteiger partial charge in [-0.25, -0.2) is 0 Å². The predicted octanol–water partition coefficient (Wildman–Crippen LogP) is 2.16. The molecular weight excluding hydrogens is 176 g/mol. The summed E-state index contributed by atoms with van der Waals surface area (Å²) in [6.45, 7) is 6.42. The molecular formula is C12H16O2. The van der Waals surface area contributed by atoms with Crippen molar-refractivity contribution in [2.75, 3.05) is 6.61 Å². The summed E-state index contributed by atoms with van der Waals surface area (Å²) in [5.41, 5.74) is 2.56. The van der Waals surface area contributed by atoms with E-state index in [1.165, 1.54) is 5.56 Å². The zero-order valence-corrected chi connectivity index (χ0v) is 8.92. The highest BCUT2D eigenvalue weighted by molar-refractivity contribution is 5.47.